The molecule has 8 rings (SSSR count). The number of hydrogen-bond donors (Lipinski definition) is 12. The van der Waals surface area contributed by atoms with Crippen LogP contribution in [0, 0.1) is 5.92 Å². The number of aromatic amines is 1. The first kappa shape index (κ1) is 62.6. The summed E-state index contributed by atoms with van der Waals surface area (Å²) in [5.41, 5.74) is 21.8. The number of nitrogens with one attached hydrogen (secondary N) is 8. The number of carbonyl (C=O) groups is 8. The molecule has 446 valence electrons. The second-order valence-corrected chi connectivity index (χ2v) is 24.2. The summed E-state index contributed by atoms with van der Waals surface area (Å²) in [6, 6.07) is 29.7. The van der Waals surface area contributed by atoms with E-state index in [-0.39, 0.29) is 55.9 Å². The van der Waals surface area contributed by atoms with E-state index in [1.165, 1.54) is 12.1 Å². The lowest BCUT2D eigenvalue weighted by atomic mass is 9.99. The Kier molecular flexibility index (Phi) is 22.0. The molecule has 0 aliphatic carbocycles. The molecule has 7 aromatic rings. The number of aromatic hydroxyl groups is 1. The van der Waals surface area contributed by atoms with Crippen LogP contribution in [0.4, 0.5) is 0 Å². The molecule has 0 radical (unpaired) electrons. The summed E-state index contributed by atoms with van der Waals surface area (Å²) in [7, 11) is 2.14. The number of phenols is 1. The topological polar surface area (TPSA) is 335 Å². The number of carbonyl (C=O) groups excluding carboxylic acids is 8. The van der Waals surface area contributed by atoms with E-state index in [4.69, 9.17) is 17.2 Å². The molecular formula is C63H73N11O9S2. The van der Waals surface area contributed by atoms with Crippen molar-refractivity contribution in [2.24, 2.45) is 23.1 Å². The highest BCUT2D eigenvalue weighted by molar-refractivity contribution is 8.76. The fourth-order valence-electron chi connectivity index (χ4n) is 10.1. The second kappa shape index (κ2) is 29.9. The van der Waals surface area contributed by atoms with Gasteiger partial charge in [0.1, 0.15) is 48.0 Å². The van der Waals surface area contributed by atoms with Crippen LogP contribution in [0.2, 0.25) is 0 Å². The Morgan fingerprint density at radius 3 is 1.84 bits per heavy atom. The molecule has 1 saturated heterocycles. The zero-order valence-corrected chi connectivity index (χ0v) is 48.9. The van der Waals surface area contributed by atoms with Gasteiger partial charge in [0.25, 0.3) is 0 Å². The van der Waals surface area contributed by atoms with Crippen molar-refractivity contribution in [1.29, 1.82) is 0 Å². The van der Waals surface area contributed by atoms with Crippen molar-refractivity contribution in [1.82, 2.24) is 42.2 Å². The Labute approximate surface area is 500 Å². The number of amides is 8. The van der Waals surface area contributed by atoms with E-state index < -0.39 is 102 Å². The van der Waals surface area contributed by atoms with Gasteiger partial charge in [-0.3, -0.25) is 38.4 Å². The number of hydrogen-bond acceptors (Lipinski definition) is 13. The van der Waals surface area contributed by atoms with Crippen LogP contribution in [0.15, 0.2) is 140 Å². The van der Waals surface area contributed by atoms with E-state index in [0.717, 1.165) is 59.6 Å². The number of para-hydroxylation sites is 1. The summed E-state index contributed by atoms with van der Waals surface area (Å²) < 4.78 is 0. The average Bonchev–Trinajstić information content (AvgIpc) is 4.02. The van der Waals surface area contributed by atoms with E-state index in [2.05, 4.69) is 42.2 Å². The van der Waals surface area contributed by atoms with Crippen LogP contribution in [-0.4, -0.2) is 124 Å². The molecule has 1 fully saturated rings. The van der Waals surface area contributed by atoms with Crippen molar-refractivity contribution in [2.75, 3.05) is 18.1 Å². The predicted molar refractivity (Wildman–Crippen MR) is 332 cm³/mol. The molecule has 1 aliphatic rings. The Morgan fingerprint density at radius 2 is 1.19 bits per heavy atom. The molecule has 85 heavy (non-hydrogen) atoms. The Balaban J connectivity index is 1.14. The standard InChI is InChI=1S/C63H73N11O9S2/c1-36(2)55-63(83)73-54(61(81)69-50(56(66)76)31-39-19-23-41-12-4-6-14-43(41)28-39)35-85-84-34-53(72-57(77)47(65)29-38-18-22-40-11-3-5-13-42(40)27-38)62(82)70-51(30-37-20-24-45(75)25-21-37)59(79)71-52(32-44-33-67-48-16-8-7-15-46(44)48)60(80)68-49(58(78)74-55)17-9-10-26-64/h3-8,11-16,18-25,27-28,33,36,47,49-55,67,75H,9-10,17,26,29-32,34-35,64-65H2,1-2H3,(H2,66,76)(H,68,80)(H,69,81)(H,70,82)(H,71,79)(H,72,77)(H,73,83)(H,74,78)/t47-,49+,50+,51+,52-,53-,54+,55+/m1/s1. The van der Waals surface area contributed by atoms with Crippen LogP contribution < -0.4 is 54.4 Å². The second-order valence-electron chi connectivity index (χ2n) is 21.7. The van der Waals surface area contributed by atoms with Crippen molar-refractivity contribution < 1.29 is 43.5 Å². The van der Waals surface area contributed by atoms with Crippen molar-refractivity contribution in [3.8, 4) is 5.75 Å². The lowest BCUT2D eigenvalue weighted by Gasteiger charge is -2.29. The molecule has 0 saturated carbocycles. The van der Waals surface area contributed by atoms with Gasteiger partial charge >= 0.3 is 0 Å². The molecule has 15 N–H and O–H groups in total. The minimum atomic E-state index is -1.41. The normalized spacial score (nSPS) is 20.3. The number of aromatic nitrogens is 1. The van der Waals surface area contributed by atoms with E-state index in [1.807, 2.05) is 109 Å². The van der Waals surface area contributed by atoms with E-state index in [0.29, 0.717) is 29.5 Å². The van der Waals surface area contributed by atoms with Gasteiger partial charge < -0.3 is 64.5 Å². The maximum atomic E-state index is 15.0. The third kappa shape index (κ3) is 17.3. The van der Waals surface area contributed by atoms with Crippen LogP contribution >= 0.6 is 21.6 Å². The van der Waals surface area contributed by atoms with Crippen molar-refractivity contribution >= 4 is 101 Å². The minimum Gasteiger partial charge on any atom is -0.508 e. The number of phenolic OH excluding ortho intramolecular Hbond substituents is 1. The minimum absolute atomic E-state index is 0.0182. The van der Waals surface area contributed by atoms with Gasteiger partial charge in [-0.1, -0.05) is 151 Å². The summed E-state index contributed by atoms with van der Waals surface area (Å²) in [6.07, 6.45) is 2.56. The van der Waals surface area contributed by atoms with Gasteiger partial charge in [-0.2, -0.15) is 0 Å². The van der Waals surface area contributed by atoms with Gasteiger partial charge in [0.15, 0.2) is 0 Å². The van der Waals surface area contributed by atoms with Crippen LogP contribution in [-0.2, 0) is 64.0 Å². The first-order valence-electron chi connectivity index (χ1n) is 28.3. The van der Waals surface area contributed by atoms with Crippen LogP contribution in [0.25, 0.3) is 32.4 Å². The number of unbranched alkanes of at least 4 members (excludes halogenated alkanes) is 1. The van der Waals surface area contributed by atoms with Gasteiger partial charge in [-0.25, -0.2) is 0 Å². The zero-order valence-electron chi connectivity index (χ0n) is 47.3. The number of H-pyrrole nitrogens is 1. The summed E-state index contributed by atoms with van der Waals surface area (Å²) in [4.78, 5) is 119. The fourth-order valence-corrected chi connectivity index (χ4v) is 12.4. The lowest BCUT2D eigenvalue weighted by molar-refractivity contribution is -0.136. The number of nitrogens with two attached hydrogens (primary N) is 3. The maximum absolute atomic E-state index is 15.0. The highest BCUT2D eigenvalue weighted by Crippen LogP contribution is 2.26. The highest BCUT2D eigenvalue weighted by atomic mass is 33.1. The van der Waals surface area contributed by atoms with Gasteiger partial charge in [0.05, 0.1) is 6.04 Å². The first-order valence-corrected chi connectivity index (χ1v) is 30.8. The Hall–Kier alpha value is -8.44. The van der Waals surface area contributed by atoms with E-state index in [1.54, 1.807) is 32.2 Å². The summed E-state index contributed by atoms with van der Waals surface area (Å²) in [5.74, 6) is -7.08. The smallest absolute Gasteiger partial charge is 0.244 e. The molecule has 20 nitrogen and oxygen atoms in total. The lowest BCUT2D eigenvalue weighted by Crippen LogP contribution is -2.61. The average molecular weight is 1190 g/mol. The van der Waals surface area contributed by atoms with Gasteiger partial charge in [0.2, 0.25) is 47.3 Å². The molecule has 0 unspecified atom stereocenters. The molecule has 1 aromatic heterocycles. The van der Waals surface area contributed by atoms with Gasteiger partial charge in [0, 0.05) is 47.9 Å². The molecular weight excluding hydrogens is 1120 g/mol. The number of fused-ring (bicyclic) bond motifs is 3. The summed E-state index contributed by atoms with van der Waals surface area (Å²) >= 11 is 0. The Bertz CT molecular complexity index is 3530. The third-order valence-electron chi connectivity index (χ3n) is 14.9. The van der Waals surface area contributed by atoms with Crippen molar-refractivity contribution in [3.05, 3.63) is 162 Å². The first-order chi connectivity index (χ1) is 40.9. The van der Waals surface area contributed by atoms with Gasteiger partial charge in [-0.05, 0) is 100 Å². The van der Waals surface area contributed by atoms with E-state index in [9.17, 15) is 43.5 Å². The maximum Gasteiger partial charge on any atom is 0.244 e. The summed E-state index contributed by atoms with van der Waals surface area (Å²) in [5, 5.41) is 34.5. The predicted octanol–water partition coefficient (Wildman–Crippen LogP) is 3.84. The van der Waals surface area contributed by atoms with Crippen molar-refractivity contribution in [3.63, 3.8) is 0 Å². The highest BCUT2D eigenvalue weighted by Gasteiger charge is 2.36. The molecule has 22 heteroatoms. The van der Waals surface area contributed by atoms with Gasteiger partial charge in [-0.15, -0.1) is 0 Å². The number of rotatable bonds is 18. The Morgan fingerprint density at radius 1 is 0.624 bits per heavy atom. The van der Waals surface area contributed by atoms with Crippen LogP contribution in [0.1, 0.15) is 55.4 Å². The molecule has 6 aromatic carbocycles. The molecule has 0 spiro atoms. The zero-order chi connectivity index (χ0) is 60.6. The number of benzene rings is 6. The monoisotopic (exact) mass is 1190 g/mol. The quantitative estimate of drug-likeness (QED) is 0.0430. The molecule has 8 amide bonds. The molecule has 1 aliphatic heterocycles. The summed E-state index contributed by atoms with van der Waals surface area (Å²) in [6.45, 7) is 3.69. The molecule has 0 bridgehead atoms. The fraction of sp³-hybridized carbons (Fsp3) is 0.333. The molecule has 8 atom stereocenters. The third-order valence-corrected chi connectivity index (χ3v) is 17.3. The van der Waals surface area contributed by atoms with Crippen LogP contribution in [0.5, 0.6) is 5.75 Å². The van der Waals surface area contributed by atoms with E-state index >= 15 is 0 Å². The molecule has 2 heterocycles. The number of primary amides is 1. The van der Waals surface area contributed by atoms with Crippen molar-refractivity contribution in [2.45, 2.75) is 107 Å². The SMILES string of the molecule is CC(C)[C@@H]1NC(=O)[C@H](CCCCN)NC(=O)[C@@H](Cc2c[nH]c3ccccc23)NC(=O)[C@H](Cc2ccc(O)cc2)NC(=O)[C@H](NC(=O)[C@H](N)Cc2ccc3ccccc3c2)CSSC[C@@H](C(=O)N[C@@H](Cc2ccc3ccccc3c2)C(N)=O)NC1=O. The van der Waals surface area contributed by atoms with Crippen LogP contribution in [0.3, 0.4) is 0 Å². The largest absolute Gasteiger partial charge is 0.508 e.